The summed E-state index contributed by atoms with van der Waals surface area (Å²) in [5, 5.41) is 34.3. The minimum atomic E-state index is -4.21. The summed E-state index contributed by atoms with van der Waals surface area (Å²) in [6.07, 6.45) is 1.72. The third-order valence-corrected chi connectivity index (χ3v) is 7.51. The maximum atomic E-state index is 13.3. The fraction of sp³-hybridized carbons (Fsp3) is 0.304. The van der Waals surface area contributed by atoms with Crippen molar-refractivity contribution in [2.75, 3.05) is 11.9 Å². The van der Waals surface area contributed by atoms with Crippen LogP contribution in [0.3, 0.4) is 0 Å². The maximum Gasteiger partial charge on any atom is 0.333 e. The molecule has 0 saturated heterocycles. The van der Waals surface area contributed by atoms with E-state index < -0.39 is 57.7 Å². The molecule has 1 fully saturated rings. The number of nitrogens with two attached hydrogens (primary N) is 1. The Balaban J connectivity index is 1.47. The molecule has 4 rings (SSSR count). The Labute approximate surface area is 221 Å². The molecule has 0 bridgehead atoms. The standard InChI is InChI=1S/C23H26N6O7S2/c1-2-37(33)16-5-3-4-14(8-16)11-29-7-6-18(28-29)21(31)17-10-25-13-26-23(17)27-19-9-15(20(30)22(19)32)12-36-38(24,34)35/h2-8,10,13,15,19-20,22,30,32H,1,9,11-12H2,(H2,24,34,35)(H,25,26,27)/t15-,19-,20-,22+,37?/m1/s1. The second-order valence-electron chi connectivity index (χ2n) is 8.63. The van der Waals surface area contributed by atoms with Gasteiger partial charge in [-0.3, -0.25) is 13.7 Å². The van der Waals surface area contributed by atoms with Gasteiger partial charge >= 0.3 is 10.3 Å². The molecule has 2 heterocycles. The van der Waals surface area contributed by atoms with E-state index in [9.17, 15) is 27.6 Å². The topological polar surface area (TPSA) is 200 Å². The van der Waals surface area contributed by atoms with Gasteiger partial charge in [-0.1, -0.05) is 18.7 Å². The Kier molecular flexibility index (Phi) is 8.44. The summed E-state index contributed by atoms with van der Waals surface area (Å²) >= 11 is 0. The molecular weight excluding hydrogens is 536 g/mol. The Bertz CT molecular complexity index is 1460. The van der Waals surface area contributed by atoms with Gasteiger partial charge in [0, 0.05) is 28.6 Å². The molecular formula is C23H26N6O7S2. The van der Waals surface area contributed by atoms with Crippen molar-refractivity contribution in [2.45, 2.75) is 36.1 Å². The van der Waals surface area contributed by atoms with Gasteiger partial charge in [0.25, 0.3) is 0 Å². The molecule has 15 heteroatoms. The lowest BCUT2D eigenvalue weighted by molar-refractivity contribution is 0.00778. The molecule has 3 aromatic rings. The van der Waals surface area contributed by atoms with Gasteiger partial charge in [0.15, 0.2) is 0 Å². The number of ketones is 1. The number of aromatic nitrogens is 4. The van der Waals surface area contributed by atoms with Crippen LogP contribution in [-0.2, 0) is 31.8 Å². The zero-order valence-corrected chi connectivity index (χ0v) is 21.6. The van der Waals surface area contributed by atoms with E-state index in [-0.39, 0.29) is 23.5 Å². The number of aliphatic hydroxyl groups excluding tert-OH is 2. The van der Waals surface area contributed by atoms with Crippen LogP contribution in [0.5, 0.6) is 0 Å². The number of benzene rings is 1. The van der Waals surface area contributed by atoms with Crippen LogP contribution in [0.2, 0.25) is 0 Å². The van der Waals surface area contributed by atoms with E-state index in [1.807, 2.05) is 6.07 Å². The van der Waals surface area contributed by atoms with Crippen molar-refractivity contribution >= 4 is 32.7 Å². The van der Waals surface area contributed by atoms with E-state index in [0.29, 0.717) is 11.4 Å². The Hall–Kier alpha value is -3.34. The molecule has 5 atom stereocenters. The lowest BCUT2D eigenvalue weighted by Gasteiger charge is -2.19. The number of nitrogens with one attached hydrogen (secondary N) is 1. The van der Waals surface area contributed by atoms with Gasteiger partial charge in [-0.25, -0.2) is 19.3 Å². The quantitative estimate of drug-likeness (QED) is 0.228. The molecule has 13 nitrogen and oxygen atoms in total. The molecule has 1 aromatic carbocycles. The van der Waals surface area contributed by atoms with Crippen LogP contribution < -0.4 is 10.5 Å². The Morgan fingerprint density at radius 3 is 2.84 bits per heavy atom. The number of anilines is 1. The van der Waals surface area contributed by atoms with E-state index in [1.54, 1.807) is 35.1 Å². The van der Waals surface area contributed by atoms with Crippen LogP contribution in [0.15, 0.2) is 65.9 Å². The number of carbonyl (C=O) groups is 1. The first-order valence-corrected chi connectivity index (χ1v) is 14.0. The van der Waals surface area contributed by atoms with Crippen LogP contribution in [-0.4, -0.2) is 73.2 Å². The van der Waals surface area contributed by atoms with Gasteiger partial charge in [0.2, 0.25) is 5.78 Å². The van der Waals surface area contributed by atoms with Crippen LogP contribution in [0.25, 0.3) is 0 Å². The fourth-order valence-electron chi connectivity index (χ4n) is 4.16. The summed E-state index contributed by atoms with van der Waals surface area (Å²) < 4.78 is 40.3. The van der Waals surface area contributed by atoms with Crippen molar-refractivity contribution in [3.8, 4) is 0 Å². The van der Waals surface area contributed by atoms with Crippen molar-refractivity contribution in [1.29, 1.82) is 0 Å². The van der Waals surface area contributed by atoms with Crippen molar-refractivity contribution < 1.29 is 31.8 Å². The van der Waals surface area contributed by atoms with Crippen LogP contribution in [0.4, 0.5) is 5.82 Å². The first kappa shape index (κ1) is 27.7. The van der Waals surface area contributed by atoms with E-state index in [0.717, 1.165) is 5.56 Å². The summed E-state index contributed by atoms with van der Waals surface area (Å²) in [7, 11) is -5.52. The van der Waals surface area contributed by atoms with E-state index in [1.165, 1.54) is 17.9 Å². The number of rotatable bonds is 11. The van der Waals surface area contributed by atoms with Crippen LogP contribution >= 0.6 is 0 Å². The number of carbonyl (C=O) groups excluding carboxylic acids is 1. The highest BCUT2D eigenvalue weighted by Crippen LogP contribution is 2.30. The molecule has 1 unspecified atom stereocenters. The number of nitrogens with zero attached hydrogens (tertiary/aromatic N) is 4. The number of aliphatic hydroxyl groups is 2. The lowest BCUT2D eigenvalue weighted by atomic mass is 10.1. The molecule has 202 valence electrons. The fourth-order valence-corrected chi connectivity index (χ4v) is 5.20. The molecule has 1 aliphatic rings. The van der Waals surface area contributed by atoms with Crippen molar-refractivity contribution in [3.05, 3.63) is 77.9 Å². The predicted molar refractivity (Wildman–Crippen MR) is 136 cm³/mol. The molecule has 0 aliphatic heterocycles. The SMILES string of the molecule is C=CS(=O)c1cccc(Cn2ccc(C(=O)c3cncnc3N[C@@H]3C[C@H](COS(N)(=O)=O)[C@@H](O)[C@H]3O)n2)c1. The Morgan fingerprint density at radius 2 is 2.11 bits per heavy atom. The van der Waals surface area contributed by atoms with Gasteiger partial charge in [0.05, 0.1) is 41.7 Å². The summed E-state index contributed by atoms with van der Waals surface area (Å²) in [6.45, 7) is 3.47. The normalized spacial score (nSPS) is 22.2. The average Bonchev–Trinajstić information content (AvgIpc) is 3.46. The lowest BCUT2D eigenvalue weighted by Crippen LogP contribution is -2.36. The second kappa shape index (κ2) is 11.6. The maximum absolute atomic E-state index is 13.3. The largest absolute Gasteiger partial charge is 0.390 e. The van der Waals surface area contributed by atoms with Crippen molar-refractivity contribution in [2.24, 2.45) is 11.1 Å². The minimum Gasteiger partial charge on any atom is -0.390 e. The highest BCUT2D eigenvalue weighted by atomic mass is 32.2. The summed E-state index contributed by atoms with van der Waals surface area (Å²) in [4.78, 5) is 21.9. The van der Waals surface area contributed by atoms with Gasteiger partial charge in [-0.15, -0.1) is 0 Å². The number of hydrogen-bond acceptors (Lipinski definition) is 11. The van der Waals surface area contributed by atoms with Crippen LogP contribution in [0.1, 0.15) is 28.0 Å². The third kappa shape index (κ3) is 6.56. The number of hydrogen-bond donors (Lipinski definition) is 4. The molecule has 1 aliphatic carbocycles. The molecule has 1 saturated carbocycles. The molecule has 0 spiro atoms. The van der Waals surface area contributed by atoms with E-state index in [2.05, 4.69) is 31.1 Å². The van der Waals surface area contributed by atoms with Crippen LogP contribution in [0, 0.1) is 5.92 Å². The van der Waals surface area contributed by atoms with Gasteiger partial charge in [-0.2, -0.15) is 13.5 Å². The smallest absolute Gasteiger partial charge is 0.333 e. The molecule has 5 N–H and O–H groups in total. The molecule has 38 heavy (non-hydrogen) atoms. The molecule has 0 amide bonds. The van der Waals surface area contributed by atoms with Crippen molar-refractivity contribution in [1.82, 2.24) is 19.7 Å². The zero-order chi connectivity index (χ0) is 27.4. The van der Waals surface area contributed by atoms with E-state index in [4.69, 9.17) is 5.14 Å². The average molecular weight is 563 g/mol. The molecule has 2 aromatic heterocycles. The minimum absolute atomic E-state index is 0.0899. The highest BCUT2D eigenvalue weighted by Gasteiger charge is 2.42. The Morgan fingerprint density at radius 1 is 1.32 bits per heavy atom. The first-order valence-electron chi connectivity index (χ1n) is 11.4. The van der Waals surface area contributed by atoms with Gasteiger partial charge in [-0.05, 0) is 30.2 Å². The zero-order valence-electron chi connectivity index (χ0n) is 20.0. The van der Waals surface area contributed by atoms with Gasteiger partial charge in [0.1, 0.15) is 23.9 Å². The summed E-state index contributed by atoms with van der Waals surface area (Å²) in [5.41, 5.74) is 1.05. The monoisotopic (exact) mass is 562 g/mol. The van der Waals surface area contributed by atoms with Gasteiger partial charge < -0.3 is 15.5 Å². The second-order valence-corrected chi connectivity index (χ2v) is 11.3. The van der Waals surface area contributed by atoms with E-state index >= 15 is 0 Å². The molecule has 0 radical (unpaired) electrons. The highest BCUT2D eigenvalue weighted by molar-refractivity contribution is 7.88. The third-order valence-electron chi connectivity index (χ3n) is 6.03. The van der Waals surface area contributed by atoms with Crippen molar-refractivity contribution in [3.63, 3.8) is 0 Å². The predicted octanol–water partition coefficient (Wildman–Crippen LogP) is -0.0542. The summed E-state index contributed by atoms with van der Waals surface area (Å²) in [6, 6.07) is 7.92. The first-order chi connectivity index (χ1) is 18.1. The summed E-state index contributed by atoms with van der Waals surface area (Å²) in [5.74, 6) is -1.08.